The number of likely N-dealkylation sites (tertiary alicyclic amines) is 1. The number of carbonyl (C=O) groups excluding carboxylic acids is 1. The first-order valence-corrected chi connectivity index (χ1v) is 6.85. The van der Waals surface area contributed by atoms with E-state index in [1.165, 1.54) is 6.42 Å². The van der Waals surface area contributed by atoms with Gasteiger partial charge in [0.15, 0.2) is 0 Å². The van der Waals surface area contributed by atoms with Crippen molar-refractivity contribution in [3.63, 3.8) is 0 Å². The van der Waals surface area contributed by atoms with Gasteiger partial charge >= 0.3 is 0 Å². The largest absolute Gasteiger partial charge is 0.389 e. The molecule has 4 nitrogen and oxygen atoms in total. The summed E-state index contributed by atoms with van der Waals surface area (Å²) in [4.78, 5) is 14.1. The van der Waals surface area contributed by atoms with Crippen LogP contribution in [0.2, 0.25) is 0 Å². The topological polar surface area (TPSA) is 52.6 Å². The molecule has 1 amide bonds. The van der Waals surface area contributed by atoms with Gasteiger partial charge in [-0.25, -0.2) is 0 Å². The van der Waals surface area contributed by atoms with E-state index in [1.54, 1.807) is 0 Å². The highest BCUT2D eigenvalue weighted by atomic mass is 16.3. The Kier molecular flexibility index (Phi) is 4.05. The minimum Gasteiger partial charge on any atom is -0.389 e. The fourth-order valence-corrected chi connectivity index (χ4v) is 2.58. The van der Waals surface area contributed by atoms with Crippen LogP contribution in [0.3, 0.4) is 0 Å². The Balaban J connectivity index is 1.74. The van der Waals surface area contributed by atoms with Crippen molar-refractivity contribution in [2.45, 2.75) is 57.1 Å². The number of nitrogens with one attached hydrogen (secondary N) is 1. The van der Waals surface area contributed by atoms with Crippen LogP contribution in [0, 0.1) is 0 Å². The monoisotopic (exact) mass is 240 g/mol. The lowest BCUT2D eigenvalue weighted by Gasteiger charge is -2.38. The van der Waals surface area contributed by atoms with Crippen molar-refractivity contribution in [1.29, 1.82) is 0 Å². The first-order valence-electron chi connectivity index (χ1n) is 6.85. The molecule has 2 N–H and O–H groups in total. The first-order chi connectivity index (χ1) is 8.11. The van der Waals surface area contributed by atoms with Crippen LogP contribution < -0.4 is 5.32 Å². The molecule has 98 valence electrons. The molecule has 2 fully saturated rings. The molecular weight excluding hydrogens is 216 g/mol. The summed E-state index contributed by atoms with van der Waals surface area (Å²) in [6.07, 6.45) is 6.33. The molecule has 2 aliphatic rings. The van der Waals surface area contributed by atoms with Crippen molar-refractivity contribution in [1.82, 2.24) is 10.2 Å². The lowest BCUT2D eigenvalue weighted by atomic mass is 9.80. The predicted molar refractivity (Wildman–Crippen MR) is 66.7 cm³/mol. The molecule has 1 aliphatic carbocycles. The van der Waals surface area contributed by atoms with Gasteiger partial charge in [0.2, 0.25) is 5.91 Å². The molecule has 1 unspecified atom stereocenters. The van der Waals surface area contributed by atoms with E-state index in [9.17, 15) is 9.90 Å². The van der Waals surface area contributed by atoms with Gasteiger partial charge < -0.3 is 15.3 Å². The molecule has 2 rings (SSSR count). The van der Waals surface area contributed by atoms with Gasteiger partial charge in [0.05, 0.1) is 11.6 Å². The van der Waals surface area contributed by atoms with E-state index in [1.807, 2.05) is 11.8 Å². The van der Waals surface area contributed by atoms with Crippen molar-refractivity contribution >= 4 is 5.91 Å². The molecule has 0 spiro atoms. The Hall–Kier alpha value is -0.610. The lowest BCUT2D eigenvalue weighted by molar-refractivity contribution is -0.134. The Labute approximate surface area is 103 Å². The molecule has 1 atom stereocenters. The number of nitrogens with zero attached hydrogens (tertiary/aromatic N) is 1. The highest BCUT2D eigenvalue weighted by molar-refractivity contribution is 5.81. The third kappa shape index (κ3) is 3.19. The van der Waals surface area contributed by atoms with Gasteiger partial charge in [-0.05, 0) is 45.4 Å². The minimum atomic E-state index is -0.545. The van der Waals surface area contributed by atoms with E-state index in [4.69, 9.17) is 0 Å². The van der Waals surface area contributed by atoms with Crippen LogP contribution in [0.1, 0.15) is 45.4 Å². The van der Waals surface area contributed by atoms with Gasteiger partial charge in [-0.2, -0.15) is 0 Å². The summed E-state index contributed by atoms with van der Waals surface area (Å²) in [5, 5.41) is 13.1. The molecule has 0 bridgehead atoms. The summed E-state index contributed by atoms with van der Waals surface area (Å²) in [7, 11) is 0. The Morgan fingerprint density at radius 1 is 1.29 bits per heavy atom. The molecule has 1 saturated heterocycles. The van der Waals surface area contributed by atoms with Crippen LogP contribution in [0.15, 0.2) is 0 Å². The average Bonchev–Trinajstić information content (AvgIpc) is 2.33. The van der Waals surface area contributed by atoms with Gasteiger partial charge in [0.25, 0.3) is 0 Å². The molecule has 1 saturated carbocycles. The number of carbonyl (C=O) groups is 1. The van der Waals surface area contributed by atoms with Gasteiger partial charge in [0.1, 0.15) is 0 Å². The fraction of sp³-hybridized carbons (Fsp3) is 0.923. The quantitative estimate of drug-likeness (QED) is 0.767. The molecule has 0 aromatic carbocycles. The summed E-state index contributed by atoms with van der Waals surface area (Å²) in [5.41, 5.74) is -0.545. The van der Waals surface area contributed by atoms with Crippen LogP contribution in [0.5, 0.6) is 0 Å². The van der Waals surface area contributed by atoms with Crippen LogP contribution in [0.4, 0.5) is 0 Å². The summed E-state index contributed by atoms with van der Waals surface area (Å²) in [6.45, 7) is 4.25. The van der Waals surface area contributed by atoms with Gasteiger partial charge in [-0.1, -0.05) is 0 Å². The van der Waals surface area contributed by atoms with Crippen molar-refractivity contribution in [2.75, 3.05) is 19.6 Å². The number of piperidine rings is 1. The maximum Gasteiger partial charge on any atom is 0.239 e. The Morgan fingerprint density at radius 3 is 2.47 bits per heavy atom. The Morgan fingerprint density at radius 2 is 1.94 bits per heavy atom. The first kappa shape index (κ1) is 12.8. The van der Waals surface area contributed by atoms with Gasteiger partial charge in [-0.3, -0.25) is 4.79 Å². The van der Waals surface area contributed by atoms with Crippen LogP contribution in [0.25, 0.3) is 0 Å². The van der Waals surface area contributed by atoms with E-state index < -0.39 is 5.60 Å². The van der Waals surface area contributed by atoms with E-state index in [-0.39, 0.29) is 11.9 Å². The summed E-state index contributed by atoms with van der Waals surface area (Å²) in [6, 6.07) is -0.169. The van der Waals surface area contributed by atoms with Crippen LogP contribution in [-0.2, 0) is 4.79 Å². The molecule has 17 heavy (non-hydrogen) atoms. The van der Waals surface area contributed by atoms with E-state index in [0.29, 0.717) is 6.54 Å². The van der Waals surface area contributed by atoms with Crippen molar-refractivity contribution in [2.24, 2.45) is 0 Å². The second-order valence-electron chi connectivity index (χ2n) is 5.57. The maximum absolute atomic E-state index is 12.1. The highest BCUT2D eigenvalue weighted by Crippen LogP contribution is 2.30. The number of amides is 1. The molecule has 0 aromatic heterocycles. The van der Waals surface area contributed by atoms with Crippen LogP contribution in [-0.4, -0.2) is 47.2 Å². The summed E-state index contributed by atoms with van der Waals surface area (Å²) in [5.74, 6) is 0.188. The smallest absolute Gasteiger partial charge is 0.239 e. The zero-order valence-corrected chi connectivity index (χ0v) is 10.7. The standard InChI is InChI=1S/C13H24N2O2/c1-11(14-10-13(17)6-5-7-13)12(16)15-8-3-2-4-9-15/h11,14,17H,2-10H2,1H3. The lowest BCUT2D eigenvalue weighted by Crippen LogP contribution is -2.53. The zero-order chi connectivity index (χ0) is 12.3. The van der Waals surface area contributed by atoms with Crippen molar-refractivity contribution in [3.8, 4) is 0 Å². The number of aliphatic hydroxyl groups is 1. The number of hydrogen-bond acceptors (Lipinski definition) is 3. The summed E-state index contributed by atoms with van der Waals surface area (Å²) < 4.78 is 0. The SMILES string of the molecule is CC(NCC1(O)CCC1)C(=O)N1CCCCC1. The Bertz CT molecular complexity index is 271. The van der Waals surface area contributed by atoms with Gasteiger partial charge in [-0.15, -0.1) is 0 Å². The normalized spacial score (nSPS) is 25.2. The molecular formula is C13H24N2O2. The molecule has 1 heterocycles. The van der Waals surface area contributed by atoms with Crippen LogP contribution >= 0.6 is 0 Å². The zero-order valence-electron chi connectivity index (χ0n) is 10.7. The second kappa shape index (κ2) is 5.36. The molecule has 0 radical (unpaired) electrons. The fourth-order valence-electron chi connectivity index (χ4n) is 2.58. The van der Waals surface area contributed by atoms with E-state index in [2.05, 4.69) is 5.32 Å². The van der Waals surface area contributed by atoms with Crippen molar-refractivity contribution < 1.29 is 9.90 Å². The number of rotatable bonds is 4. The minimum absolute atomic E-state index is 0.169. The maximum atomic E-state index is 12.1. The molecule has 0 aromatic rings. The molecule has 1 aliphatic heterocycles. The third-order valence-corrected chi connectivity index (χ3v) is 4.06. The van der Waals surface area contributed by atoms with Gasteiger partial charge in [0, 0.05) is 19.6 Å². The highest BCUT2D eigenvalue weighted by Gasteiger charge is 2.35. The third-order valence-electron chi connectivity index (χ3n) is 4.06. The molecule has 4 heteroatoms. The van der Waals surface area contributed by atoms with Crippen molar-refractivity contribution in [3.05, 3.63) is 0 Å². The predicted octanol–water partition coefficient (Wildman–Crippen LogP) is 0.892. The van der Waals surface area contributed by atoms with E-state index >= 15 is 0 Å². The average molecular weight is 240 g/mol. The second-order valence-corrected chi connectivity index (χ2v) is 5.57. The number of hydrogen-bond donors (Lipinski definition) is 2. The summed E-state index contributed by atoms with van der Waals surface area (Å²) >= 11 is 0. The van der Waals surface area contributed by atoms with E-state index in [0.717, 1.165) is 45.2 Å².